The number of carbonyl (C=O) groups excluding carboxylic acids is 1. The summed E-state index contributed by atoms with van der Waals surface area (Å²) < 4.78 is 12.4. The number of methoxy groups -OCH3 is 1. The Labute approximate surface area is 214 Å². The molecule has 190 valence electrons. The summed E-state index contributed by atoms with van der Waals surface area (Å²) in [5.41, 5.74) is 1.73. The number of fused-ring (bicyclic) bond motifs is 4. The van der Waals surface area contributed by atoms with Gasteiger partial charge in [0.15, 0.2) is 0 Å². The van der Waals surface area contributed by atoms with E-state index >= 15 is 0 Å². The van der Waals surface area contributed by atoms with Gasteiger partial charge in [-0.2, -0.15) is 0 Å². The minimum absolute atomic E-state index is 0.0716. The number of ether oxygens (including phenoxy) is 2. The van der Waals surface area contributed by atoms with Gasteiger partial charge in [0, 0.05) is 23.7 Å². The van der Waals surface area contributed by atoms with E-state index in [4.69, 9.17) is 9.47 Å². The molecule has 4 saturated carbocycles. The summed E-state index contributed by atoms with van der Waals surface area (Å²) >= 11 is 0. The van der Waals surface area contributed by atoms with Gasteiger partial charge in [-0.3, -0.25) is 14.7 Å². The lowest BCUT2D eigenvalue weighted by atomic mass is 9.49. The highest BCUT2D eigenvalue weighted by atomic mass is 16.5. The Bertz CT molecular complexity index is 1160. The Morgan fingerprint density at radius 2 is 1.89 bits per heavy atom. The van der Waals surface area contributed by atoms with Crippen molar-refractivity contribution >= 4 is 16.9 Å². The van der Waals surface area contributed by atoms with Crippen molar-refractivity contribution in [2.45, 2.75) is 63.5 Å². The minimum atomic E-state index is -0.295. The molecule has 4 aliphatic carbocycles. The van der Waals surface area contributed by atoms with Gasteiger partial charge < -0.3 is 9.47 Å². The Morgan fingerprint density at radius 3 is 2.53 bits per heavy atom. The van der Waals surface area contributed by atoms with Gasteiger partial charge in [0.2, 0.25) is 0 Å². The number of aromatic nitrogens is 1. The van der Waals surface area contributed by atoms with E-state index in [1.807, 2.05) is 18.3 Å². The van der Waals surface area contributed by atoms with E-state index < -0.39 is 0 Å². The van der Waals surface area contributed by atoms with E-state index in [0.717, 1.165) is 78.7 Å². The quantitative estimate of drug-likeness (QED) is 0.374. The van der Waals surface area contributed by atoms with Crippen molar-refractivity contribution in [2.75, 3.05) is 20.2 Å². The van der Waals surface area contributed by atoms with E-state index in [0.29, 0.717) is 11.8 Å². The first-order chi connectivity index (χ1) is 17.5. The highest BCUT2D eigenvalue weighted by molar-refractivity contribution is 5.85. The van der Waals surface area contributed by atoms with Crippen LogP contribution >= 0.6 is 0 Å². The zero-order valence-corrected chi connectivity index (χ0v) is 21.4. The van der Waals surface area contributed by atoms with Gasteiger partial charge in [-0.1, -0.05) is 6.08 Å². The van der Waals surface area contributed by atoms with Crippen LogP contribution in [-0.2, 0) is 9.53 Å². The molecule has 0 radical (unpaired) electrons. The third-order valence-corrected chi connectivity index (χ3v) is 10.5. The number of hydrogen-bond acceptors (Lipinski definition) is 5. The van der Waals surface area contributed by atoms with Crippen molar-refractivity contribution in [2.24, 2.45) is 35.0 Å². The van der Waals surface area contributed by atoms with E-state index in [9.17, 15) is 4.79 Å². The summed E-state index contributed by atoms with van der Waals surface area (Å²) in [7, 11) is 1.70. The normalized spacial score (nSPS) is 39.2. The van der Waals surface area contributed by atoms with Crippen LogP contribution in [0.1, 0.15) is 63.0 Å². The molecule has 1 aromatic heterocycles. The molecule has 6 bridgehead atoms. The fourth-order valence-corrected chi connectivity index (χ4v) is 9.16. The molecule has 7 aliphatic rings. The van der Waals surface area contributed by atoms with Crippen LogP contribution < -0.4 is 4.74 Å². The maximum atomic E-state index is 14.2. The van der Waals surface area contributed by atoms with Crippen LogP contribution in [0.4, 0.5) is 0 Å². The number of piperidine rings is 3. The molecular weight excluding hydrogens is 448 g/mol. The van der Waals surface area contributed by atoms with Crippen LogP contribution in [0.25, 0.3) is 10.9 Å². The van der Waals surface area contributed by atoms with E-state index in [-0.39, 0.29) is 23.5 Å². The van der Waals surface area contributed by atoms with Gasteiger partial charge in [0.1, 0.15) is 11.9 Å². The first-order valence-electron chi connectivity index (χ1n) is 14.1. The molecule has 0 amide bonds. The van der Waals surface area contributed by atoms with Crippen LogP contribution in [0.2, 0.25) is 0 Å². The van der Waals surface area contributed by atoms with Gasteiger partial charge in [0.25, 0.3) is 0 Å². The molecule has 4 heterocycles. The minimum Gasteiger partial charge on any atom is -0.497 e. The number of carbonyl (C=O) groups is 1. The number of hydrogen-bond donors (Lipinski definition) is 0. The second kappa shape index (κ2) is 8.58. The van der Waals surface area contributed by atoms with Crippen LogP contribution in [0.15, 0.2) is 43.1 Å². The van der Waals surface area contributed by atoms with Crippen LogP contribution in [0.5, 0.6) is 5.75 Å². The largest absolute Gasteiger partial charge is 0.497 e. The zero-order valence-electron chi connectivity index (χ0n) is 21.4. The molecule has 9 rings (SSSR count). The summed E-state index contributed by atoms with van der Waals surface area (Å²) in [6.07, 6.45) is 13.0. The van der Waals surface area contributed by atoms with E-state index in [2.05, 4.69) is 34.7 Å². The highest BCUT2D eigenvalue weighted by Crippen LogP contribution is 2.61. The predicted octanol–water partition coefficient (Wildman–Crippen LogP) is 5.94. The SMILES string of the molecule is C=C[C@@H]1CN2CC[C@H]1C[C@@H]2[C@@H](OC(=O)C12CC3CC(CC(C3)C1)C2)c1ccnc2ccc(OC)cc12. The fourth-order valence-electron chi connectivity index (χ4n) is 9.16. The molecule has 3 saturated heterocycles. The Balaban J connectivity index is 1.27. The van der Waals surface area contributed by atoms with Gasteiger partial charge in [-0.05, 0) is 112 Å². The summed E-state index contributed by atoms with van der Waals surface area (Å²) in [5.74, 6) is 4.18. The monoisotopic (exact) mass is 486 g/mol. The van der Waals surface area contributed by atoms with Crippen molar-refractivity contribution in [1.29, 1.82) is 0 Å². The molecule has 1 aromatic carbocycles. The Kier molecular flexibility index (Phi) is 5.43. The second-order valence-corrected chi connectivity index (χ2v) is 12.6. The van der Waals surface area contributed by atoms with Gasteiger partial charge in [0.05, 0.1) is 24.1 Å². The van der Waals surface area contributed by atoms with Crippen molar-refractivity contribution in [3.8, 4) is 5.75 Å². The Hall–Kier alpha value is -2.40. The van der Waals surface area contributed by atoms with Crippen molar-refractivity contribution < 1.29 is 14.3 Å². The third kappa shape index (κ3) is 3.60. The molecule has 2 aromatic rings. The fraction of sp³-hybridized carbons (Fsp3) is 0.613. The lowest BCUT2D eigenvalue weighted by molar-refractivity contribution is -0.184. The molecule has 5 nitrogen and oxygen atoms in total. The first kappa shape index (κ1) is 22.8. The molecule has 3 aliphatic heterocycles. The maximum absolute atomic E-state index is 14.2. The number of esters is 1. The molecule has 7 fully saturated rings. The standard InChI is InChI=1S/C31H38N2O3/c1-3-22-18-33-9-7-23(22)13-28(33)29(25-6-8-32-27-5-4-24(35-2)14-26(25)27)36-30(34)31-15-19-10-20(16-31)12-21(11-19)17-31/h3-6,8,14,19-23,28-29H,1,7,9-13,15-18H2,2H3/t19?,20?,21?,22-,23+,28-,29+,31?/m1/s1. The summed E-state index contributed by atoms with van der Waals surface area (Å²) in [5, 5.41) is 1.03. The molecular formula is C31H38N2O3. The zero-order chi connectivity index (χ0) is 24.4. The molecule has 5 atom stereocenters. The van der Waals surface area contributed by atoms with Crippen LogP contribution in [0, 0.1) is 35.0 Å². The molecule has 0 N–H and O–H groups in total. The van der Waals surface area contributed by atoms with E-state index in [1.165, 1.54) is 25.7 Å². The number of rotatable bonds is 6. The summed E-state index contributed by atoms with van der Waals surface area (Å²) in [6.45, 7) is 6.19. The van der Waals surface area contributed by atoms with E-state index in [1.54, 1.807) is 7.11 Å². The van der Waals surface area contributed by atoms with Crippen molar-refractivity contribution in [1.82, 2.24) is 9.88 Å². The predicted molar refractivity (Wildman–Crippen MR) is 140 cm³/mol. The average molecular weight is 487 g/mol. The first-order valence-corrected chi connectivity index (χ1v) is 14.1. The van der Waals surface area contributed by atoms with Crippen LogP contribution in [-0.4, -0.2) is 42.1 Å². The summed E-state index contributed by atoms with van der Waals surface area (Å²) in [6, 6.07) is 8.29. The maximum Gasteiger partial charge on any atom is 0.312 e. The highest BCUT2D eigenvalue weighted by Gasteiger charge is 2.56. The van der Waals surface area contributed by atoms with Crippen molar-refractivity contribution in [3.63, 3.8) is 0 Å². The number of benzene rings is 1. The second-order valence-electron chi connectivity index (χ2n) is 12.6. The Morgan fingerprint density at radius 1 is 1.14 bits per heavy atom. The lowest BCUT2D eigenvalue weighted by Crippen LogP contribution is -2.56. The molecule has 1 unspecified atom stereocenters. The molecule has 36 heavy (non-hydrogen) atoms. The molecule has 5 heteroatoms. The average Bonchev–Trinajstić information content (AvgIpc) is 2.90. The van der Waals surface area contributed by atoms with Gasteiger partial charge in [-0.15, -0.1) is 6.58 Å². The number of pyridine rings is 1. The smallest absolute Gasteiger partial charge is 0.312 e. The lowest BCUT2D eigenvalue weighted by Gasteiger charge is -2.56. The number of nitrogens with zero attached hydrogens (tertiary/aromatic N) is 2. The third-order valence-electron chi connectivity index (χ3n) is 10.5. The molecule has 0 spiro atoms. The van der Waals surface area contributed by atoms with Gasteiger partial charge in [-0.25, -0.2) is 0 Å². The van der Waals surface area contributed by atoms with Crippen LogP contribution in [0.3, 0.4) is 0 Å². The van der Waals surface area contributed by atoms with Gasteiger partial charge >= 0.3 is 5.97 Å². The topological polar surface area (TPSA) is 51.7 Å². The summed E-state index contributed by atoms with van der Waals surface area (Å²) in [4.78, 5) is 21.4. The van der Waals surface area contributed by atoms with Crippen molar-refractivity contribution in [3.05, 3.63) is 48.7 Å².